The van der Waals surface area contributed by atoms with Crippen LogP contribution in [0.3, 0.4) is 0 Å². The molecule has 0 saturated heterocycles. The van der Waals surface area contributed by atoms with Crippen LogP contribution in [0.5, 0.6) is 0 Å². The number of benzene rings is 1. The Morgan fingerprint density at radius 1 is 1.32 bits per heavy atom. The fourth-order valence-electron chi connectivity index (χ4n) is 1.95. The molecule has 100 valence electrons. The van der Waals surface area contributed by atoms with Crippen LogP contribution in [0.4, 0.5) is 0 Å². The molecule has 0 bridgehead atoms. The fraction of sp³-hybridized carbons (Fsp3) is 0.214. The zero-order chi connectivity index (χ0) is 13.7. The summed E-state index contributed by atoms with van der Waals surface area (Å²) in [5.74, 6) is 0.141. The maximum absolute atomic E-state index is 8.69. The second kappa shape index (κ2) is 6.36. The van der Waals surface area contributed by atoms with E-state index in [1.807, 2.05) is 24.3 Å². The number of nitrogens with zero attached hydrogens (tertiary/aromatic N) is 2. The third-order valence-corrected chi connectivity index (χ3v) is 3.55. The fourth-order valence-corrected chi connectivity index (χ4v) is 2.61. The molecule has 0 spiro atoms. The molecule has 0 radical (unpaired) electrons. The van der Waals surface area contributed by atoms with Gasteiger partial charge in [-0.15, -0.1) is 0 Å². The second-order valence-corrected chi connectivity index (χ2v) is 5.27. The number of amidine groups is 1. The molecular formula is C14H17N3OS. The monoisotopic (exact) mass is 275 g/mol. The second-order valence-electron chi connectivity index (χ2n) is 4.49. The van der Waals surface area contributed by atoms with E-state index < -0.39 is 0 Å². The molecule has 0 unspecified atom stereocenters. The van der Waals surface area contributed by atoms with Crippen LogP contribution in [0.1, 0.15) is 16.7 Å². The number of nitrogens with two attached hydrogens (primary N) is 1. The standard InChI is InChI=1S/C14H17N3OS/c1-17(9-12-5-6-19-10-12)8-11-3-2-4-13(7-11)14(15)16-18/h2-7,10,18H,8-9H2,1H3,(H2,15,16). The van der Waals surface area contributed by atoms with Crippen molar-refractivity contribution in [2.45, 2.75) is 13.1 Å². The molecule has 2 aromatic rings. The van der Waals surface area contributed by atoms with Crippen LogP contribution in [0.2, 0.25) is 0 Å². The van der Waals surface area contributed by atoms with Crippen molar-refractivity contribution in [2.75, 3.05) is 7.05 Å². The van der Waals surface area contributed by atoms with E-state index in [1.165, 1.54) is 5.56 Å². The van der Waals surface area contributed by atoms with Crippen molar-refractivity contribution in [3.05, 3.63) is 57.8 Å². The first kappa shape index (κ1) is 13.6. The van der Waals surface area contributed by atoms with Crippen molar-refractivity contribution < 1.29 is 5.21 Å². The highest BCUT2D eigenvalue weighted by atomic mass is 32.1. The van der Waals surface area contributed by atoms with Gasteiger partial charge in [0.25, 0.3) is 0 Å². The van der Waals surface area contributed by atoms with Gasteiger partial charge >= 0.3 is 0 Å². The molecule has 2 rings (SSSR count). The first-order valence-electron chi connectivity index (χ1n) is 5.95. The number of rotatable bonds is 5. The Morgan fingerprint density at radius 2 is 2.11 bits per heavy atom. The summed E-state index contributed by atoms with van der Waals surface area (Å²) in [5.41, 5.74) is 8.79. The van der Waals surface area contributed by atoms with Crippen LogP contribution in [-0.4, -0.2) is 23.0 Å². The van der Waals surface area contributed by atoms with Gasteiger partial charge in [-0.25, -0.2) is 0 Å². The Bertz CT molecular complexity index is 552. The molecule has 19 heavy (non-hydrogen) atoms. The maximum Gasteiger partial charge on any atom is 0.170 e. The van der Waals surface area contributed by atoms with Crippen LogP contribution in [0.15, 0.2) is 46.2 Å². The highest BCUT2D eigenvalue weighted by molar-refractivity contribution is 7.07. The van der Waals surface area contributed by atoms with Gasteiger partial charge in [0.1, 0.15) is 0 Å². The van der Waals surface area contributed by atoms with Crippen molar-refractivity contribution in [2.24, 2.45) is 10.9 Å². The quantitative estimate of drug-likeness (QED) is 0.381. The molecule has 3 N–H and O–H groups in total. The van der Waals surface area contributed by atoms with Crippen molar-refractivity contribution >= 4 is 17.2 Å². The summed E-state index contributed by atoms with van der Waals surface area (Å²) in [6.07, 6.45) is 0. The smallest absolute Gasteiger partial charge is 0.170 e. The summed E-state index contributed by atoms with van der Waals surface area (Å²) >= 11 is 1.71. The number of oxime groups is 1. The van der Waals surface area contributed by atoms with Crippen molar-refractivity contribution in [3.63, 3.8) is 0 Å². The Hall–Kier alpha value is -1.85. The van der Waals surface area contributed by atoms with Crippen LogP contribution in [-0.2, 0) is 13.1 Å². The minimum absolute atomic E-state index is 0.141. The van der Waals surface area contributed by atoms with Gasteiger partial charge in [-0.1, -0.05) is 23.4 Å². The van der Waals surface area contributed by atoms with Gasteiger partial charge in [0.05, 0.1) is 0 Å². The zero-order valence-corrected chi connectivity index (χ0v) is 11.6. The summed E-state index contributed by atoms with van der Waals surface area (Å²) in [6, 6.07) is 9.87. The molecule has 0 fully saturated rings. The van der Waals surface area contributed by atoms with Crippen molar-refractivity contribution in [1.29, 1.82) is 0 Å². The largest absolute Gasteiger partial charge is 0.409 e. The lowest BCUT2D eigenvalue weighted by Crippen LogP contribution is -2.18. The molecule has 0 amide bonds. The maximum atomic E-state index is 8.69. The Labute approximate surface area is 116 Å². The Kier molecular flexibility index (Phi) is 4.54. The summed E-state index contributed by atoms with van der Waals surface area (Å²) in [6.45, 7) is 1.74. The van der Waals surface area contributed by atoms with Crippen molar-refractivity contribution in [3.8, 4) is 0 Å². The van der Waals surface area contributed by atoms with E-state index in [0.717, 1.165) is 24.2 Å². The molecule has 0 atom stereocenters. The van der Waals surface area contributed by atoms with Crippen LogP contribution < -0.4 is 5.73 Å². The Morgan fingerprint density at radius 3 is 2.79 bits per heavy atom. The lowest BCUT2D eigenvalue weighted by Gasteiger charge is -2.16. The highest BCUT2D eigenvalue weighted by Crippen LogP contribution is 2.12. The van der Waals surface area contributed by atoms with E-state index in [1.54, 1.807) is 11.3 Å². The van der Waals surface area contributed by atoms with Gasteiger partial charge < -0.3 is 10.9 Å². The summed E-state index contributed by atoms with van der Waals surface area (Å²) < 4.78 is 0. The van der Waals surface area contributed by atoms with Gasteiger partial charge in [0.15, 0.2) is 5.84 Å². The van der Waals surface area contributed by atoms with E-state index in [4.69, 9.17) is 10.9 Å². The van der Waals surface area contributed by atoms with Crippen LogP contribution >= 0.6 is 11.3 Å². The molecule has 5 heteroatoms. The first-order chi connectivity index (χ1) is 9.19. The third-order valence-electron chi connectivity index (χ3n) is 2.82. The van der Waals surface area contributed by atoms with Crippen LogP contribution in [0, 0.1) is 0 Å². The summed E-state index contributed by atoms with van der Waals surface area (Å²) in [5, 5.41) is 15.9. The van der Waals surface area contributed by atoms with E-state index in [9.17, 15) is 0 Å². The lowest BCUT2D eigenvalue weighted by molar-refractivity contribution is 0.318. The number of hydrogen-bond donors (Lipinski definition) is 2. The number of thiophene rings is 1. The zero-order valence-electron chi connectivity index (χ0n) is 10.8. The van der Waals surface area contributed by atoms with Crippen LogP contribution in [0.25, 0.3) is 0 Å². The van der Waals surface area contributed by atoms with Gasteiger partial charge in [0.2, 0.25) is 0 Å². The molecule has 0 aliphatic carbocycles. The minimum Gasteiger partial charge on any atom is -0.409 e. The van der Waals surface area contributed by atoms with E-state index in [2.05, 4.69) is 33.9 Å². The molecule has 0 aliphatic rings. The average Bonchev–Trinajstić information content (AvgIpc) is 2.90. The minimum atomic E-state index is 0.141. The normalized spacial score (nSPS) is 12.0. The molecule has 4 nitrogen and oxygen atoms in total. The first-order valence-corrected chi connectivity index (χ1v) is 6.90. The third kappa shape index (κ3) is 3.81. The van der Waals surface area contributed by atoms with E-state index in [-0.39, 0.29) is 5.84 Å². The lowest BCUT2D eigenvalue weighted by atomic mass is 10.1. The van der Waals surface area contributed by atoms with E-state index in [0.29, 0.717) is 0 Å². The SMILES string of the molecule is CN(Cc1ccsc1)Cc1cccc(/C(N)=N/O)c1. The Balaban J connectivity index is 2.02. The molecule has 1 aromatic carbocycles. The van der Waals surface area contributed by atoms with Gasteiger partial charge in [0, 0.05) is 18.7 Å². The summed E-state index contributed by atoms with van der Waals surface area (Å²) in [4.78, 5) is 2.23. The highest BCUT2D eigenvalue weighted by Gasteiger charge is 2.04. The molecule has 1 aromatic heterocycles. The molecule has 1 heterocycles. The predicted molar refractivity (Wildman–Crippen MR) is 78.4 cm³/mol. The van der Waals surface area contributed by atoms with Gasteiger partial charge in [-0.3, -0.25) is 4.90 Å². The predicted octanol–water partition coefficient (Wildman–Crippen LogP) is 2.47. The number of hydrogen-bond acceptors (Lipinski definition) is 4. The average molecular weight is 275 g/mol. The van der Waals surface area contributed by atoms with E-state index >= 15 is 0 Å². The summed E-state index contributed by atoms with van der Waals surface area (Å²) in [7, 11) is 2.08. The van der Waals surface area contributed by atoms with Gasteiger partial charge in [-0.05, 0) is 41.1 Å². The topological polar surface area (TPSA) is 61.8 Å². The molecular weight excluding hydrogens is 258 g/mol. The van der Waals surface area contributed by atoms with Crippen molar-refractivity contribution in [1.82, 2.24) is 4.90 Å². The van der Waals surface area contributed by atoms with Gasteiger partial charge in [-0.2, -0.15) is 11.3 Å². The molecule has 0 saturated carbocycles. The molecule has 0 aliphatic heterocycles.